The molecule has 1 aliphatic rings. The number of benzene rings is 1. The van der Waals surface area contributed by atoms with E-state index in [1.165, 1.54) is 11.8 Å². The quantitative estimate of drug-likeness (QED) is 0.668. The standard InChI is InChI=1S/C17H19N3O2S/c1-10-5-3-7-13(11(10)2)18-15(21)9-23-16-12-6-4-8-14(12)19-17(22)20-16/h3,5,7H,4,6,8-9H2,1-2H3,(H,18,21)(H,19,20,22). The summed E-state index contributed by atoms with van der Waals surface area (Å²) in [6, 6.07) is 5.84. The lowest BCUT2D eigenvalue weighted by Gasteiger charge is -2.10. The van der Waals surface area contributed by atoms with Crippen LogP contribution in [-0.4, -0.2) is 21.6 Å². The molecule has 2 N–H and O–H groups in total. The first-order valence-corrected chi connectivity index (χ1v) is 8.64. The SMILES string of the molecule is Cc1cccc(NC(=O)CSc2nc(=O)[nH]c3c2CCC3)c1C. The molecule has 23 heavy (non-hydrogen) atoms. The number of H-pyrrole nitrogens is 1. The maximum Gasteiger partial charge on any atom is 0.346 e. The van der Waals surface area contributed by atoms with E-state index in [1.54, 1.807) is 0 Å². The highest BCUT2D eigenvalue weighted by Crippen LogP contribution is 2.28. The van der Waals surface area contributed by atoms with Crippen molar-refractivity contribution in [2.75, 3.05) is 11.1 Å². The molecule has 0 fully saturated rings. The molecule has 120 valence electrons. The van der Waals surface area contributed by atoms with Crippen LogP contribution in [0.4, 0.5) is 5.69 Å². The molecule has 3 rings (SSSR count). The monoisotopic (exact) mass is 329 g/mol. The number of amides is 1. The third-order valence-corrected chi connectivity index (χ3v) is 5.17. The third-order valence-electron chi connectivity index (χ3n) is 4.16. The van der Waals surface area contributed by atoms with E-state index in [0.29, 0.717) is 5.03 Å². The maximum atomic E-state index is 12.2. The molecule has 0 radical (unpaired) electrons. The number of aromatic amines is 1. The number of nitrogens with one attached hydrogen (secondary N) is 2. The minimum absolute atomic E-state index is 0.0856. The van der Waals surface area contributed by atoms with E-state index in [2.05, 4.69) is 15.3 Å². The van der Waals surface area contributed by atoms with Gasteiger partial charge in [-0.15, -0.1) is 0 Å². The van der Waals surface area contributed by atoms with Crippen LogP contribution < -0.4 is 11.0 Å². The number of hydrogen-bond acceptors (Lipinski definition) is 4. The summed E-state index contributed by atoms with van der Waals surface area (Å²) in [5.41, 5.74) is 4.78. The van der Waals surface area contributed by atoms with Crippen LogP contribution in [-0.2, 0) is 17.6 Å². The van der Waals surface area contributed by atoms with Crippen molar-refractivity contribution in [2.45, 2.75) is 38.1 Å². The fourth-order valence-electron chi connectivity index (χ4n) is 2.76. The van der Waals surface area contributed by atoms with Crippen LogP contribution in [0.1, 0.15) is 28.8 Å². The first-order chi connectivity index (χ1) is 11.0. The highest BCUT2D eigenvalue weighted by atomic mass is 32.2. The second-order valence-corrected chi connectivity index (χ2v) is 6.71. The summed E-state index contributed by atoms with van der Waals surface area (Å²) in [6.45, 7) is 4.01. The topological polar surface area (TPSA) is 74.8 Å². The zero-order chi connectivity index (χ0) is 16.4. The Morgan fingerprint density at radius 1 is 1.35 bits per heavy atom. The predicted octanol–water partition coefficient (Wildman–Crippen LogP) is 2.61. The number of hydrogen-bond donors (Lipinski definition) is 2. The van der Waals surface area contributed by atoms with Crippen LogP contribution in [0.3, 0.4) is 0 Å². The average Bonchev–Trinajstić information content (AvgIpc) is 2.97. The van der Waals surface area contributed by atoms with Gasteiger partial charge in [0.05, 0.1) is 5.75 Å². The van der Waals surface area contributed by atoms with Crippen molar-refractivity contribution in [3.05, 3.63) is 51.1 Å². The fourth-order valence-corrected chi connectivity index (χ4v) is 3.65. The van der Waals surface area contributed by atoms with Crippen LogP contribution in [0.2, 0.25) is 0 Å². The van der Waals surface area contributed by atoms with Crippen molar-refractivity contribution in [1.29, 1.82) is 0 Å². The fraction of sp³-hybridized carbons (Fsp3) is 0.353. The Morgan fingerprint density at radius 3 is 3.00 bits per heavy atom. The van der Waals surface area contributed by atoms with E-state index < -0.39 is 0 Å². The number of nitrogens with zero attached hydrogens (tertiary/aromatic N) is 1. The van der Waals surface area contributed by atoms with Crippen LogP contribution in [0.25, 0.3) is 0 Å². The van der Waals surface area contributed by atoms with Gasteiger partial charge in [0.1, 0.15) is 5.03 Å². The second-order valence-electron chi connectivity index (χ2n) is 5.74. The van der Waals surface area contributed by atoms with Crippen LogP contribution >= 0.6 is 11.8 Å². The summed E-state index contributed by atoms with van der Waals surface area (Å²) in [4.78, 5) is 30.6. The summed E-state index contributed by atoms with van der Waals surface area (Å²) < 4.78 is 0. The van der Waals surface area contributed by atoms with Gasteiger partial charge in [0.25, 0.3) is 0 Å². The molecule has 1 aromatic heterocycles. The molecule has 0 aliphatic heterocycles. The van der Waals surface area contributed by atoms with Gasteiger partial charge in [-0.05, 0) is 50.3 Å². The molecule has 0 spiro atoms. The van der Waals surface area contributed by atoms with Crippen LogP contribution in [0, 0.1) is 13.8 Å². The van der Waals surface area contributed by atoms with E-state index >= 15 is 0 Å². The molecule has 0 atom stereocenters. The minimum atomic E-state index is -0.330. The Bertz CT molecular complexity index is 814. The second kappa shape index (κ2) is 6.58. The lowest BCUT2D eigenvalue weighted by molar-refractivity contribution is -0.113. The van der Waals surface area contributed by atoms with Crippen LogP contribution in [0.15, 0.2) is 28.0 Å². The largest absolute Gasteiger partial charge is 0.346 e. The van der Waals surface area contributed by atoms with Gasteiger partial charge < -0.3 is 10.3 Å². The normalized spacial score (nSPS) is 13.0. The third kappa shape index (κ3) is 3.47. The maximum absolute atomic E-state index is 12.2. The Morgan fingerprint density at radius 2 is 2.17 bits per heavy atom. The molecule has 1 aromatic carbocycles. The van der Waals surface area contributed by atoms with Gasteiger partial charge in [-0.2, -0.15) is 4.98 Å². The number of fused-ring (bicyclic) bond motifs is 1. The molecule has 0 unspecified atom stereocenters. The molecule has 2 aromatic rings. The van der Waals surface area contributed by atoms with Gasteiger partial charge >= 0.3 is 5.69 Å². The highest BCUT2D eigenvalue weighted by molar-refractivity contribution is 8.00. The lowest BCUT2D eigenvalue weighted by atomic mass is 10.1. The molecule has 5 nitrogen and oxygen atoms in total. The van der Waals surface area contributed by atoms with Gasteiger partial charge in [0.2, 0.25) is 5.91 Å². The molecular weight excluding hydrogens is 310 g/mol. The predicted molar refractivity (Wildman–Crippen MR) is 92.2 cm³/mol. The number of carbonyl (C=O) groups is 1. The first-order valence-electron chi connectivity index (χ1n) is 7.65. The smallest absolute Gasteiger partial charge is 0.325 e. The van der Waals surface area contributed by atoms with Crippen molar-refractivity contribution < 1.29 is 4.79 Å². The number of rotatable bonds is 4. The zero-order valence-corrected chi connectivity index (χ0v) is 14.0. The van der Waals surface area contributed by atoms with Crippen molar-refractivity contribution in [2.24, 2.45) is 0 Å². The van der Waals surface area contributed by atoms with E-state index in [0.717, 1.165) is 47.3 Å². The van der Waals surface area contributed by atoms with Crippen molar-refractivity contribution >= 4 is 23.4 Å². The molecular formula is C17H19N3O2S. The van der Waals surface area contributed by atoms with Crippen molar-refractivity contribution in [3.63, 3.8) is 0 Å². The number of aryl methyl sites for hydroxylation is 2. The van der Waals surface area contributed by atoms with E-state index in [9.17, 15) is 9.59 Å². The summed E-state index contributed by atoms with van der Waals surface area (Å²) in [5.74, 6) is 0.161. The molecule has 1 heterocycles. The number of anilines is 1. The van der Waals surface area contributed by atoms with E-state index in [1.807, 2.05) is 32.0 Å². The average molecular weight is 329 g/mol. The number of thioether (sulfide) groups is 1. The number of carbonyl (C=O) groups excluding carboxylic acids is 1. The zero-order valence-electron chi connectivity index (χ0n) is 13.2. The van der Waals surface area contributed by atoms with Gasteiger partial charge in [-0.3, -0.25) is 4.79 Å². The van der Waals surface area contributed by atoms with Gasteiger partial charge in [0, 0.05) is 16.9 Å². The van der Waals surface area contributed by atoms with E-state index in [-0.39, 0.29) is 17.3 Å². The van der Waals surface area contributed by atoms with Crippen LogP contribution in [0.5, 0.6) is 0 Å². The van der Waals surface area contributed by atoms with E-state index in [4.69, 9.17) is 0 Å². The Balaban J connectivity index is 1.68. The molecule has 6 heteroatoms. The summed E-state index contributed by atoms with van der Waals surface area (Å²) >= 11 is 1.33. The molecule has 0 bridgehead atoms. The highest BCUT2D eigenvalue weighted by Gasteiger charge is 2.18. The van der Waals surface area contributed by atoms with Crippen molar-refractivity contribution in [3.8, 4) is 0 Å². The molecule has 1 amide bonds. The van der Waals surface area contributed by atoms with Crippen molar-refractivity contribution in [1.82, 2.24) is 9.97 Å². The molecule has 1 aliphatic carbocycles. The first kappa shape index (κ1) is 15.8. The Hall–Kier alpha value is -2.08. The number of aromatic nitrogens is 2. The minimum Gasteiger partial charge on any atom is -0.325 e. The summed E-state index contributed by atoms with van der Waals surface area (Å²) in [7, 11) is 0. The van der Waals surface area contributed by atoms with Gasteiger partial charge in [-0.25, -0.2) is 4.79 Å². The summed E-state index contributed by atoms with van der Waals surface area (Å²) in [5, 5.41) is 3.62. The molecule has 0 saturated carbocycles. The Kier molecular flexibility index (Phi) is 4.52. The van der Waals surface area contributed by atoms with Gasteiger partial charge in [-0.1, -0.05) is 23.9 Å². The lowest BCUT2D eigenvalue weighted by Crippen LogP contribution is -2.18. The molecule has 0 saturated heterocycles. The summed E-state index contributed by atoms with van der Waals surface area (Å²) in [6.07, 6.45) is 2.83. The Labute approximate surface area is 138 Å². The van der Waals surface area contributed by atoms with Gasteiger partial charge in [0.15, 0.2) is 0 Å².